The van der Waals surface area contributed by atoms with E-state index in [1.165, 1.54) is 27.7 Å². The molecule has 0 spiro atoms. The van der Waals surface area contributed by atoms with E-state index in [9.17, 15) is 24.3 Å². The molecule has 1 aromatic heterocycles. The van der Waals surface area contributed by atoms with E-state index in [1.54, 1.807) is 4.90 Å². The number of guanidine groups is 1. The molecule has 3 saturated heterocycles. The van der Waals surface area contributed by atoms with Crippen molar-refractivity contribution in [1.29, 1.82) is 5.41 Å². The third-order valence-corrected chi connectivity index (χ3v) is 10.0. The summed E-state index contributed by atoms with van der Waals surface area (Å²) in [4.78, 5) is 57.0. The number of ketones is 1. The first-order valence-corrected chi connectivity index (χ1v) is 14.8. The van der Waals surface area contributed by atoms with Crippen molar-refractivity contribution >= 4 is 41.3 Å². The normalized spacial score (nSPS) is 28.8. The van der Waals surface area contributed by atoms with Crippen molar-refractivity contribution in [3.8, 4) is 0 Å². The van der Waals surface area contributed by atoms with Gasteiger partial charge >= 0.3 is 5.97 Å². The van der Waals surface area contributed by atoms with Crippen LogP contribution in [0.1, 0.15) is 33.1 Å². The number of Topliss-reactive ketones (excluding diaryl/α,β-unsaturated/α-hetero) is 1. The molecule has 41 heavy (non-hydrogen) atoms. The van der Waals surface area contributed by atoms with Gasteiger partial charge in [-0.3, -0.25) is 19.8 Å². The molecule has 222 valence electrons. The van der Waals surface area contributed by atoms with Crippen LogP contribution >= 0.6 is 11.8 Å². The number of thioether (sulfide) groups is 1. The maximum Gasteiger partial charge on any atom is 0.353 e. The van der Waals surface area contributed by atoms with Crippen molar-refractivity contribution in [2.24, 2.45) is 23.5 Å². The van der Waals surface area contributed by atoms with Crippen LogP contribution in [0.25, 0.3) is 0 Å². The van der Waals surface area contributed by atoms with Gasteiger partial charge in [-0.1, -0.05) is 13.8 Å². The number of hydrogen-bond acceptors (Lipinski definition) is 10. The van der Waals surface area contributed by atoms with Crippen LogP contribution in [0.3, 0.4) is 0 Å². The molecule has 5 rings (SSSR count). The number of carboxylic acids is 1. The second kappa shape index (κ2) is 11.8. The van der Waals surface area contributed by atoms with E-state index in [1.807, 2.05) is 18.7 Å². The van der Waals surface area contributed by atoms with E-state index in [0.717, 1.165) is 6.42 Å². The second-order valence-electron chi connectivity index (χ2n) is 11.2. The van der Waals surface area contributed by atoms with Crippen molar-refractivity contribution in [3.05, 3.63) is 16.9 Å². The van der Waals surface area contributed by atoms with E-state index in [2.05, 4.69) is 20.8 Å². The van der Waals surface area contributed by atoms with E-state index >= 15 is 0 Å². The molecule has 2 amide bonds. The number of aliphatic carboxylic acids is 1. The largest absolute Gasteiger partial charge is 0.477 e. The Morgan fingerprint density at radius 3 is 2.66 bits per heavy atom. The fourth-order valence-electron chi connectivity index (χ4n) is 6.51. The monoisotopic (exact) mass is 588 g/mol. The Morgan fingerprint density at radius 1 is 1.24 bits per heavy atom. The molecular formula is C25H36N10O5S. The number of aromatic nitrogens is 4. The lowest BCUT2D eigenvalue weighted by Crippen LogP contribution is -2.62. The molecule has 1 aromatic rings. The molecule has 3 fully saturated rings. The number of hydrogen-bond donors (Lipinski definition) is 4. The lowest BCUT2D eigenvalue weighted by atomic mass is 9.73. The molecule has 16 heteroatoms. The Bertz CT molecular complexity index is 1260. The SMILES string of the molecule is C[C@@H](CC(=O)Cn1cnnn1)[C@H]1C(=O)N2C(C(=O)O)=C(S[C@@H]3CN[C@H](C(=O)N4CCCN(C(=N)N)CC4)C3)[C@H](C)[C@H]12. The number of fused-ring (bicyclic) bond motifs is 1. The highest BCUT2D eigenvalue weighted by Gasteiger charge is 2.60. The van der Waals surface area contributed by atoms with E-state index in [0.29, 0.717) is 44.0 Å². The fourth-order valence-corrected chi connectivity index (χ4v) is 7.99. The molecule has 0 aromatic carbocycles. The van der Waals surface area contributed by atoms with Crippen LogP contribution in [0.15, 0.2) is 16.9 Å². The predicted octanol–water partition coefficient (Wildman–Crippen LogP) is -1.07. The number of nitrogens with two attached hydrogens (primary N) is 1. The molecule has 0 radical (unpaired) electrons. The quantitative estimate of drug-likeness (QED) is 0.155. The molecule has 0 unspecified atom stereocenters. The minimum atomic E-state index is -1.14. The molecule has 5 N–H and O–H groups in total. The van der Waals surface area contributed by atoms with Crippen molar-refractivity contribution in [2.75, 3.05) is 32.7 Å². The van der Waals surface area contributed by atoms with Gasteiger partial charge in [0.15, 0.2) is 11.7 Å². The minimum absolute atomic E-state index is 0.00429. The maximum absolute atomic E-state index is 13.3. The summed E-state index contributed by atoms with van der Waals surface area (Å²) in [6.07, 6.45) is 2.80. The van der Waals surface area contributed by atoms with Crippen LogP contribution in [0, 0.1) is 23.2 Å². The molecule has 4 aliphatic rings. The van der Waals surface area contributed by atoms with Gasteiger partial charge in [-0.05, 0) is 29.2 Å². The highest BCUT2D eigenvalue weighted by Crippen LogP contribution is 2.53. The standard InChI is InChI=1S/C25H36N10O5S/c1-13(8-15(36)11-34-12-29-30-31-34)18-19-14(2)21(20(24(39)40)35(19)23(18)38)41-16-9-17(28-10-16)22(37)32-4-3-5-33(7-6-32)25(26)27/h12-14,16-19,28H,3-11H2,1-2H3,(H3,26,27)(H,39,40)/t13-,14+,16-,17-,18+,19+/m0/s1. The Hall–Kier alpha value is -3.53. The highest BCUT2D eigenvalue weighted by molar-refractivity contribution is 8.03. The Labute approximate surface area is 241 Å². The lowest BCUT2D eigenvalue weighted by molar-refractivity contribution is -0.160. The summed E-state index contributed by atoms with van der Waals surface area (Å²) in [7, 11) is 0. The van der Waals surface area contributed by atoms with Crippen LogP contribution in [-0.4, -0.2) is 120 Å². The molecule has 15 nitrogen and oxygen atoms in total. The number of tetrazole rings is 1. The highest BCUT2D eigenvalue weighted by atomic mass is 32.2. The van der Waals surface area contributed by atoms with Crippen LogP contribution < -0.4 is 11.1 Å². The van der Waals surface area contributed by atoms with E-state index in [4.69, 9.17) is 11.1 Å². The number of nitrogens with one attached hydrogen (secondary N) is 2. The molecule has 0 aliphatic carbocycles. The number of amides is 2. The van der Waals surface area contributed by atoms with Gasteiger partial charge in [0.1, 0.15) is 18.6 Å². The molecule has 0 saturated carbocycles. The Balaban J connectivity index is 1.21. The number of carboxylic acid groups (broad SMARTS) is 1. The van der Waals surface area contributed by atoms with Gasteiger partial charge < -0.3 is 30.9 Å². The van der Waals surface area contributed by atoms with Crippen LogP contribution in [0.4, 0.5) is 0 Å². The molecule has 6 atom stereocenters. The lowest BCUT2D eigenvalue weighted by Gasteiger charge is -2.47. The van der Waals surface area contributed by atoms with Gasteiger partial charge in [0.2, 0.25) is 11.8 Å². The topological polar surface area (TPSA) is 204 Å². The molecule has 0 bridgehead atoms. The van der Waals surface area contributed by atoms with Gasteiger partial charge in [0.05, 0.1) is 18.0 Å². The third kappa shape index (κ3) is 5.66. The minimum Gasteiger partial charge on any atom is -0.477 e. The van der Waals surface area contributed by atoms with Crippen molar-refractivity contribution in [3.63, 3.8) is 0 Å². The van der Waals surface area contributed by atoms with Gasteiger partial charge in [0.25, 0.3) is 0 Å². The zero-order valence-electron chi connectivity index (χ0n) is 23.1. The van der Waals surface area contributed by atoms with Crippen molar-refractivity contribution < 1.29 is 24.3 Å². The zero-order chi connectivity index (χ0) is 29.4. The summed E-state index contributed by atoms with van der Waals surface area (Å²) in [5, 5.41) is 31.8. The van der Waals surface area contributed by atoms with Gasteiger partial charge in [-0.2, -0.15) is 0 Å². The number of carbonyl (C=O) groups excluding carboxylic acids is 3. The average Bonchev–Trinajstić information content (AvgIpc) is 3.59. The van der Waals surface area contributed by atoms with Crippen molar-refractivity contribution in [1.82, 2.24) is 40.2 Å². The Kier molecular flexibility index (Phi) is 8.31. The zero-order valence-corrected chi connectivity index (χ0v) is 23.9. The third-order valence-electron chi connectivity index (χ3n) is 8.51. The van der Waals surface area contributed by atoms with E-state index in [-0.39, 0.29) is 71.4 Å². The first-order chi connectivity index (χ1) is 19.6. The molecular weight excluding hydrogens is 552 g/mol. The number of β-lactam (4-membered cyclic amide) rings is 1. The fraction of sp³-hybridized carbons (Fsp3) is 0.680. The average molecular weight is 589 g/mol. The molecule has 5 heterocycles. The smallest absolute Gasteiger partial charge is 0.353 e. The summed E-state index contributed by atoms with van der Waals surface area (Å²) in [6.45, 7) is 6.61. The van der Waals surface area contributed by atoms with Gasteiger partial charge in [-0.15, -0.1) is 16.9 Å². The first kappa shape index (κ1) is 29.0. The van der Waals surface area contributed by atoms with Gasteiger partial charge in [-0.25, -0.2) is 9.48 Å². The Morgan fingerprint density at radius 2 is 1.98 bits per heavy atom. The summed E-state index contributed by atoms with van der Waals surface area (Å²) >= 11 is 1.44. The predicted molar refractivity (Wildman–Crippen MR) is 147 cm³/mol. The van der Waals surface area contributed by atoms with Gasteiger partial charge in [0, 0.05) is 55.2 Å². The number of rotatable bonds is 9. The molecule has 4 aliphatic heterocycles. The van der Waals surface area contributed by atoms with Crippen LogP contribution in [0.2, 0.25) is 0 Å². The summed E-state index contributed by atoms with van der Waals surface area (Å²) in [5.41, 5.74) is 5.64. The van der Waals surface area contributed by atoms with Crippen LogP contribution in [0.5, 0.6) is 0 Å². The summed E-state index contributed by atoms with van der Waals surface area (Å²) < 4.78 is 1.34. The second-order valence-corrected chi connectivity index (χ2v) is 12.6. The first-order valence-electron chi connectivity index (χ1n) is 13.9. The number of nitrogens with zero attached hydrogens (tertiary/aromatic N) is 7. The van der Waals surface area contributed by atoms with Crippen molar-refractivity contribution in [2.45, 2.75) is 57.0 Å². The van der Waals surface area contributed by atoms with Crippen LogP contribution in [-0.2, 0) is 25.7 Å². The van der Waals surface area contributed by atoms with E-state index < -0.39 is 11.9 Å². The maximum atomic E-state index is 13.3. The summed E-state index contributed by atoms with van der Waals surface area (Å²) in [6, 6.07) is -0.695. The number of carbonyl (C=O) groups is 4. The summed E-state index contributed by atoms with van der Waals surface area (Å²) in [5.74, 6) is -2.42.